The fourth-order valence-electron chi connectivity index (χ4n) is 1.32. The van der Waals surface area contributed by atoms with Crippen molar-refractivity contribution in [3.05, 3.63) is 0 Å². The van der Waals surface area contributed by atoms with Crippen LogP contribution in [0.25, 0.3) is 0 Å². The van der Waals surface area contributed by atoms with Crippen LogP contribution in [0.15, 0.2) is 0 Å². The Bertz CT molecular complexity index is 211. The lowest BCUT2D eigenvalue weighted by Crippen LogP contribution is -2.16. The van der Waals surface area contributed by atoms with Gasteiger partial charge in [-0.15, -0.1) is 0 Å². The van der Waals surface area contributed by atoms with Gasteiger partial charge in [0.25, 0.3) is 0 Å². The Morgan fingerprint density at radius 2 is 1.63 bits per heavy atom. The molecule has 1 unspecified atom stereocenters. The fraction of sp³-hybridized carbons (Fsp3) is 0.923. The maximum atomic E-state index is 11.3. The van der Waals surface area contributed by atoms with Crippen LogP contribution in [-0.4, -0.2) is 58.8 Å². The van der Waals surface area contributed by atoms with E-state index < -0.39 is 0 Å². The van der Waals surface area contributed by atoms with Crippen molar-refractivity contribution >= 4 is 5.97 Å². The smallest absolute Gasteiger partial charge is 0.305 e. The molecule has 0 amide bonds. The summed E-state index contributed by atoms with van der Waals surface area (Å²) in [6.07, 6.45) is 2.02. The van der Waals surface area contributed by atoms with Gasteiger partial charge < -0.3 is 24.7 Å². The lowest BCUT2D eigenvalue weighted by Gasteiger charge is -2.07. The maximum Gasteiger partial charge on any atom is 0.305 e. The molecule has 0 spiro atoms. The summed E-state index contributed by atoms with van der Waals surface area (Å²) in [5.74, 6) is -0.194. The van der Waals surface area contributed by atoms with Crippen molar-refractivity contribution in [1.29, 1.82) is 0 Å². The Kier molecular flexibility index (Phi) is 13.2. The highest BCUT2D eigenvalue weighted by molar-refractivity contribution is 5.69. The molecular weight excluding hydrogens is 250 g/mol. The summed E-state index contributed by atoms with van der Waals surface area (Å²) < 4.78 is 20.3. The maximum absolute atomic E-state index is 11.3. The van der Waals surface area contributed by atoms with Crippen LogP contribution >= 0.6 is 0 Å². The topological polar surface area (TPSA) is 80.0 Å². The molecule has 114 valence electrons. The van der Waals surface area contributed by atoms with Crippen LogP contribution in [0.3, 0.4) is 0 Å². The van der Waals surface area contributed by atoms with E-state index in [-0.39, 0.29) is 18.6 Å². The lowest BCUT2D eigenvalue weighted by atomic mass is 10.1. The largest absolute Gasteiger partial charge is 0.463 e. The molecule has 0 aromatic heterocycles. The summed E-state index contributed by atoms with van der Waals surface area (Å²) in [6.45, 7) is 4.76. The number of rotatable bonds is 13. The van der Waals surface area contributed by atoms with Gasteiger partial charge in [-0.05, 0) is 19.8 Å². The van der Waals surface area contributed by atoms with Crippen LogP contribution in [-0.2, 0) is 23.7 Å². The van der Waals surface area contributed by atoms with Gasteiger partial charge in [-0.1, -0.05) is 0 Å². The van der Waals surface area contributed by atoms with Crippen molar-refractivity contribution in [3.8, 4) is 0 Å². The van der Waals surface area contributed by atoms with Crippen LogP contribution < -0.4 is 5.73 Å². The third-order valence-electron chi connectivity index (χ3n) is 2.33. The van der Waals surface area contributed by atoms with Gasteiger partial charge in [-0.3, -0.25) is 4.79 Å². The first-order chi connectivity index (χ1) is 9.16. The summed E-state index contributed by atoms with van der Waals surface area (Å²) >= 11 is 0. The molecule has 6 nitrogen and oxygen atoms in total. The van der Waals surface area contributed by atoms with Crippen molar-refractivity contribution in [2.24, 2.45) is 5.73 Å². The minimum atomic E-state index is -0.194. The van der Waals surface area contributed by atoms with Crippen molar-refractivity contribution < 1.29 is 23.7 Å². The number of carbonyl (C=O) groups excluding carboxylic acids is 1. The molecule has 1 atom stereocenters. The highest BCUT2D eigenvalue weighted by Gasteiger charge is 2.03. The van der Waals surface area contributed by atoms with Gasteiger partial charge in [0.05, 0.1) is 33.0 Å². The summed E-state index contributed by atoms with van der Waals surface area (Å²) in [6, 6.07) is 0.134. The monoisotopic (exact) mass is 277 g/mol. The molecule has 2 N–H and O–H groups in total. The molecule has 0 aromatic carbocycles. The van der Waals surface area contributed by atoms with Crippen molar-refractivity contribution in [3.63, 3.8) is 0 Å². The second-order valence-corrected chi connectivity index (χ2v) is 4.31. The molecule has 0 aliphatic heterocycles. The minimum Gasteiger partial charge on any atom is -0.463 e. The van der Waals surface area contributed by atoms with Gasteiger partial charge >= 0.3 is 5.97 Å². The first-order valence-electron chi connectivity index (χ1n) is 6.72. The Hall–Kier alpha value is -0.690. The fourth-order valence-corrected chi connectivity index (χ4v) is 1.32. The van der Waals surface area contributed by atoms with Crippen LogP contribution in [0.4, 0.5) is 0 Å². The van der Waals surface area contributed by atoms with Crippen molar-refractivity contribution in [2.75, 3.05) is 46.8 Å². The van der Waals surface area contributed by atoms with Gasteiger partial charge in [0.2, 0.25) is 0 Å². The highest BCUT2D eigenvalue weighted by Crippen LogP contribution is 2.00. The summed E-state index contributed by atoms with van der Waals surface area (Å²) in [7, 11) is 1.63. The zero-order valence-corrected chi connectivity index (χ0v) is 12.1. The van der Waals surface area contributed by atoms with E-state index in [1.165, 1.54) is 0 Å². The number of hydrogen-bond acceptors (Lipinski definition) is 6. The van der Waals surface area contributed by atoms with E-state index in [1.54, 1.807) is 7.11 Å². The molecule has 19 heavy (non-hydrogen) atoms. The average Bonchev–Trinajstić information content (AvgIpc) is 2.36. The molecule has 0 aromatic rings. The molecular formula is C13H27NO5. The van der Waals surface area contributed by atoms with Crippen LogP contribution in [0.5, 0.6) is 0 Å². The number of methoxy groups -OCH3 is 1. The Labute approximate surface area is 115 Å². The van der Waals surface area contributed by atoms with Crippen LogP contribution in [0, 0.1) is 0 Å². The number of hydrogen-bond donors (Lipinski definition) is 1. The van der Waals surface area contributed by atoms with Crippen LogP contribution in [0.2, 0.25) is 0 Å². The molecule has 0 saturated heterocycles. The first kappa shape index (κ1) is 18.3. The normalized spacial score (nSPS) is 12.4. The van der Waals surface area contributed by atoms with Crippen molar-refractivity contribution in [1.82, 2.24) is 0 Å². The number of nitrogens with two attached hydrogens (primary N) is 1. The Morgan fingerprint density at radius 3 is 2.21 bits per heavy atom. The standard InChI is InChI=1S/C13H27NO5/c1-12(14)4-3-5-13(15)19-11-10-18-9-8-17-7-6-16-2/h12H,3-11,14H2,1-2H3. The van der Waals surface area contributed by atoms with Gasteiger partial charge in [0.15, 0.2) is 0 Å². The summed E-state index contributed by atoms with van der Waals surface area (Å²) in [4.78, 5) is 11.3. The number of ether oxygens (including phenoxy) is 4. The van der Waals surface area contributed by atoms with E-state index in [4.69, 9.17) is 24.7 Å². The molecule has 0 rings (SSSR count). The highest BCUT2D eigenvalue weighted by atomic mass is 16.6. The molecule has 0 heterocycles. The third kappa shape index (κ3) is 15.3. The zero-order chi connectivity index (χ0) is 14.3. The van der Waals surface area contributed by atoms with E-state index >= 15 is 0 Å². The van der Waals surface area contributed by atoms with E-state index in [9.17, 15) is 4.79 Å². The SMILES string of the molecule is COCCOCCOCCOC(=O)CCCC(C)N. The Balaban J connectivity index is 3.14. The van der Waals surface area contributed by atoms with Crippen molar-refractivity contribution in [2.45, 2.75) is 32.2 Å². The van der Waals surface area contributed by atoms with E-state index in [0.29, 0.717) is 39.5 Å². The quantitative estimate of drug-likeness (QED) is 0.395. The second kappa shape index (κ2) is 13.7. The molecule has 0 fully saturated rings. The minimum absolute atomic E-state index is 0.134. The molecule has 0 bridgehead atoms. The molecule has 0 aliphatic carbocycles. The number of carbonyl (C=O) groups is 1. The van der Waals surface area contributed by atoms with Gasteiger partial charge in [0.1, 0.15) is 6.61 Å². The predicted molar refractivity (Wildman–Crippen MR) is 72.0 cm³/mol. The zero-order valence-electron chi connectivity index (χ0n) is 12.1. The first-order valence-corrected chi connectivity index (χ1v) is 6.72. The Morgan fingerprint density at radius 1 is 1.05 bits per heavy atom. The van der Waals surface area contributed by atoms with Crippen LogP contribution in [0.1, 0.15) is 26.2 Å². The second-order valence-electron chi connectivity index (χ2n) is 4.31. The summed E-state index contributed by atoms with van der Waals surface area (Å²) in [5.41, 5.74) is 5.59. The van der Waals surface area contributed by atoms with Gasteiger partial charge in [-0.25, -0.2) is 0 Å². The molecule has 0 saturated carbocycles. The lowest BCUT2D eigenvalue weighted by molar-refractivity contribution is -0.145. The third-order valence-corrected chi connectivity index (χ3v) is 2.33. The van der Waals surface area contributed by atoms with E-state index in [2.05, 4.69) is 0 Å². The number of esters is 1. The van der Waals surface area contributed by atoms with E-state index in [1.807, 2.05) is 6.92 Å². The molecule has 0 radical (unpaired) electrons. The molecule has 6 heteroatoms. The van der Waals surface area contributed by atoms with Gasteiger partial charge in [-0.2, -0.15) is 0 Å². The van der Waals surface area contributed by atoms with E-state index in [0.717, 1.165) is 12.8 Å². The predicted octanol–water partition coefficient (Wildman–Crippen LogP) is 0.727. The molecule has 0 aliphatic rings. The van der Waals surface area contributed by atoms with Gasteiger partial charge in [0, 0.05) is 19.6 Å². The average molecular weight is 277 g/mol. The summed E-state index contributed by atoms with van der Waals surface area (Å²) in [5, 5.41) is 0.